The zero-order valence-corrected chi connectivity index (χ0v) is 11.2. The number of carbonyl (C=O) groups is 1. The lowest BCUT2D eigenvalue weighted by molar-refractivity contribution is -0.161. The Labute approximate surface area is 119 Å². The minimum absolute atomic E-state index is 0.139. The Hall–Kier alpha value is -2.02. The molecule has 1 heterocycles. The van der Waals surface area contributed by atoms with E-state index in [1.807, 2.05) is 12.1 Å². The second kappa shape index (κ2) is 6.17. The van der Waals surface area contributed by atoms with E-state index in [9.17, 15) is 18.0 Å². The van der Waals surface area contributed by atoms with Gasteiger partial charge in [-0.2, -0.15) is 13.2 Å². The highest BCUT2D eigenvalue weighted by Gasteiger charge is 2.32. The van der Waals surface area contributed by atoms with Gasteiger partial charge in [-0.15, -0.1) is 0 Å². The van der Waals surface area contributed by atoms with E-state index in [2.05, 4.69) is 4.98 Å². The fraction of sp³-hybridized carbons (Fsp3) is 0.357. The third-order valence-electron chi connectivity index (χ3n) is 3.11. The molecule has 0 saturated carbocycles. The molecule has 0 spiro atoms. The van der Waals surface area contributed by atoms with Crippen LogP contribution in [0.15, 0.2) is 30.5 Å². The Morgan fingerprint density at radius 3 is 2.67 bits per heavy atom. The number of aromatic nitrogens is 1. The van der Waals surface area contributed by atoms with Crippen LogP contribution in [0, 0.1) is 0 Å². The first-order chi connectivity index (χ1) is 9.90. The minimum atomic E-state index is -4.48. The molecule has 1 amide bonds. The molecule has 0 unspecified atom stereocenters. The molecule has 0 aliphatic carbocycles. The van der Waals surface area contributed by atoms with Gasteiger partial charge in [-0.1, -0.05) is 18.2 Å². The van der Waals surface area contributed by atoms with Crippen LogP contribution in [-0.2, 0) is 11.2 Å². The average Bonchev–Trinajstić information content (AvgIpc) is 2.80. The average molecular weight is 300 g/mol. The molecule has 0 aliphatic heterocycles. The summed E-state index contributed by atoms with van der Waals surface area (Å²) in [4.78, 5) is 15.6. The number of hydrogen-bond acceptors (Lipinski definition) is 2. The third kappa shape index (κ3) is 3.98. The normalized spacial score (nSPS) is 11.8. The van der Waals surface area contributed by atoms with Crippen LogP contribution >= 0.6 is 0 Å². The van der Waals surface area contributed by atoms with Crippen molar-refractivity contribution in [2.45, 2.75) is 12.6 Å². The molecule has 114 valence electrons. The summed E-state index contributed by atoms with van der Waals surface area (Å²) in [5, 5.41) is 9.62. The van der Waals surface area contributed by atoms with Crippen molar-refractivity contribution in [3.05, 3.63) is 36.0 Å². The van der Waals surface area contributed by atoms with Crippen molar-refractivity contribution in [2.24, 2.45) is 0 Å². The molecular weight excluding hydrogens is 285 g/mol. The number of nitrogens with zero attached hydrogens (tertiary/aromatic N) is 1. The number of nitrogens with one attached hydrogen (secondary N) is 1. The summed E-state index contributed by atoms with van der Waals surface area (Å²) in [6.07, 6.45) is -3.00. The first-order valence-electron chi connectivity index (χ1n) is 6.41. The Morgan fingerprint density at radius 1 is 1.29 bits per heavy atom. The zero-order valence-electron chi connectivity index (χ0n) is 11.2. The monoisotopic (exact) mass is 300 g/mol. The van der Waals surface area contributed by atoms with Crippen LogP contribution in [0.5, 0.6) is 0 Å². The molecule has 4 nitrogen and oxygen atoms in total. The molecule has 0 atom stereocenters. The number of carbonyl (C=O) groups excluding carboxylic acids is 1. The summed E-state index contributed by atoms with van der Waals surface area (Å²) in [5.41, 5.74) is 1.46. The molecular formula is C14H15F3N2O2. The highest BCUT2D eigenvalue weighted by Crippen LogP contribution is 2.20. The third-order valence-corrected chi connectivity index (χ3v) is 3.11. The van der Waals surface area contributed by atoms with Crippen LogP contribution in [0.1, 0.15) is 5.56 Å². The van der Waals surface area contributed by atoms with Crippen LogP contribution in [0.25, 0.3) is 10.9 Å². The lowest BCUT2D eigenvalue weighted by Gasteiger charge is -2.23. The number of fused-ring (bicyclic) bond motifs is 1. The van der Waals surface area contributed by atoms with Gasteiger partial charge in [0.25, 0.3) is 0 Å². The van der Waals surface area contributed by atoms with Gasteiger partial charge in [0.1, 0.15) is 6.54 Å². The zero-order chi connectivity index (χ0) is 15.5. The predicted octanol–water partition coefficient (Wildman–Crippen LogP) is 2.09. The molecule has 2 aromatic rings. The largest absolute Gasteiger partial charge is 0.406 e. The first-order valence-corrected chi connectivity index (χ1v) is 6.41. The van der Waals surface area contributed by atoms with E-state index >= 15 is 0 Å². The molecule has 1 aromatic carbocycles. The van der Waals surface area contributed by atoms with Crippen LogP contribution < -0.4 is 0 Å². The van der Waals surface area contributed by atoms with Crippen LogP contribution in [0.3, 0.4) is 0 Å². The van der Waals surface area contributed by atoms with Gasteiger partial charge < -0.3 is 15.0 Å². The van der Waals surface area contributed by atoms with Crippen LogP contribution in [-0.4, -0.2) is 46.8 Å². The molecule has 7 heteroatoms. The number of alkyl halides is 3. The van der Waals surface area contributed by atoms with Gasteiger partial charge in [-0.25, -0.2) is 0 Å². The Kier molecular flexibility index (Phi) is 4.52. The molecule has 0 fully saturated rings. The molecule has 2 N–H and O–H groups in total. The topological polar surface area (TPSA) is 56.3 Å². The number of benzene rings is 1. The van der Waals surface area contributed by atoms with Crippen LogP contribution in [0.2, 0.25) is 0 Å². The Bertz CT molecular complexity index is 622. The fourth-order valence-electron chi connectivity index (χ4n) is 2.18. The second-order valence-electron chi connectivity index (χ2n) is 4.69. The summed E-state index contributed by atoms with van der Waals surface area (Å²) in [6.45, 7) is -2.19. The summed E-state index contributed by atoms with van der Waals surface area (Å²) >= 11 is 0. The smallest absolute Gasteiger partial charge is 0.395 e. The van der Waals surface area contributed by atoms with E-state index in [1.54, 1.807) is 18.3 Å². The molecule has 2 rings (SSSR count). The summed E-state index contributed by atoms with van der Waals surface area (Å²) < 4.78 is 37.3. The minimum Gasteiger partial charge on any atom is -0.395 e. The van der Waals surface area contributed by atoms with E-state index in [0.29, 0.717) is 10.5 Å². The maximum atomic E-state index is 12.4. The summed E-state index contributed by atoms with van der Waals surface area (Å²) in [6, 6.07) is 7.25. The standard InChI is InChI=1S/C14H15F3N2O2/c15-14(16,17)9-19(5-6-20)13(21)7-10-8-18-12-4-2-1-3-11(10)12/h1-4,8,18,20H,5-7,9H2. The van der Waals surface area contributed by atoms with Crippen molar-refractivity contribution in [3.63, 3.8) is 0 Å². The molecule has 1 aromatic heterocycles. The van der Waals surface area contributed by atoms with E-state index in [4.69, 9.17) is 5.11 Å². The van der Waals surface area contributed by atoms with Gasteiger partial charge in [0.05, 0.1) is 13.0 Å². The van der Waals surface area contributed by atoms with E-state index < -0.39 is 25.2 Å². The van der Waals surface area contributed by atoms with Gasteiger partial charge in [0, 0.05) is 23.6 Å². The van der Waals surface area contributed by atoms with Gasteiger partial charge in [-0.05, 0) is 11.6 Å². The van der Waals surface area contributed by atoms with Crippen molar-refractivity contribution in [3.8, 4) is 0 Å². The maximum Gasteiger partial charge on any atom is 0.406 e. The number of halogens is 3. The van der Waals surface area contributed by atoms with Crippen molar-refractivity contribution in [1.29, 1.82) is 0 Å². The lowest BCUT2D eigenvalue weighted by Crippen LogP contribution is -2.41. The van der Waals surface area contributed by atoms with E-state index in [1.165, 1.54) is 0 Å². The highest BCUT2D eigenvalue weighted by atomic mass is 19.4. The SMILES string of the molecule is O=C(Cc1c[nH]c2ccccc12)N(CCO)CC(F)(F)F. The van der Waals surface area contributed by atoms with Gasteiger partial charge in [-0.3, -0.25) is 4.79 Å². The molecule has 21 heavy (non-hydrogen) atoms. The molecule has 0 aliphatic rings. The Balaban J connectivity index is 2.14. The van der Waals surface area contributed by atoms with Crippen molar-refractivity contribution < 1.29 is 23.1 Å². The van der Waals surface area contributed by atoms with Crippen molar-refractivity contribution in [2.75, 3.05) is 19.7 Å². The fourth-order valence-corrected chi connectivity index (χ4v) is 2.18. The second-order valence-corrected chi connectivity index (χ2v) is 4.69. The number of amides is 1. The quantitative estimate of drug-likeness (QED) is 0.888. The Morgan fingerprint density at radius 2 is 2.00 bits per heavy atom. The first kappa shape index (κ1) is 15.4. The van der Waals surface area contributed by atoms with Crippen LogP contribution in [0.4, 0.5) is 13.2 Å². The van der Waals surface area contributed by atoms with E-state index in [0.717, 1.165) is 10.9 Å². The van der Waals surface area contributed by atoms with Gasteiger partial charge in [0.15, 0.2) is 0 Å². The lowest BCUT2D eigenvalue weighted by atomic mass is 10.1. The van der Waals surface area contributed by atoms with Gasteiger partial charge >= 0.3 is 6.18 Å². The van der Waals surface area contributed by atoms with Gasteiger partial charge in [0.2, 0.25) is 5.91 Å². The number of hydrogen-bond donors (Lipinski definition) is 2. The maximum absolute atomic E-state index is 12.4. The number of rotatable bonds is 5. The van der Waals surface area contributed by atoms with Crippen molar-refractivity contribution >= 4 is 16.8 Å². The van der Waals surface area contributed by atoms with E-state index in [-0.39, 0.29) is 13.0 Å². The number of aliphatic hydroxyl groups excluding tert-OH is 1. The molecule has 0 saturated heterocycles. The molecule has 0 bridgehead atoms. The molecule has 0 radical (unpaired) electrons. The number of H-pyrrole nitrogens is 1. The summed E-state index contributed by atoms with van der Waals surface area (Å²) in [7, 11) is 0. The predicted molar refractivity (Wildman–Crippen MR) is 71.7 cm³/mol. The van der Waals surface area contributed by atoms with Crippen molar-refractivity contribution in [1.82, 2.24) is 9.88 Å². The number of aromatic amines is 1. The number of para-hydroxylation sites is 1. The summed E-state index contributed by atoms with van der Waals surface area (Å²) in [5.74, 6) is -0.661. The highest BCUT2D eigenvalue weighted by molar-refractivity contribution is 5.88. The number of aliphatic hydroxyl groups is 1.